The van der Waals surface area contributed by atoms with Crippen LogP contribution in [0.2, 0.25) is 0 Å². The molecule has 1 N–H and O–H groups in total. The van der Waals surface area contributed by atoms with Gasteiger partial charge in [-0.1, -0.05) is 24.3 Å². The summed E-state index contributed by atoms with van der Waals surface area (Å²) in [7, 11) is 0. The highest BCUT2D eigenvalue weighted by atomic mass is 16.2. The van der Waals surface area contributed by atoms with Gasteiger partial charge < -0.3 is 5.32 Å². The van der Waals surface area contributed by atoms with Gasteiger partial charge in [0.05, 0.1) is 5.41 Å². The number of hydrogen-bond donors (Lipinski definition) is 1. The molecule has 0 bridgehead atoms. The number of carbonyl (C=O) groups excluding carboxylic acids is 1. The second-order valence-corrected chi connectivity index (χ2v) is 8.00. The number of hydrogen-bond acceptors (Lipinski definition) is 1. The Labute approximate surface area is 156 Å². The fourth-order valence-electron chi connectivity index (χ4n) is 4.40. The van der Waals surface area contributed by atoms with E-state index >= 15 is 0 Å². The van der Waals surface area contributed by atoms with E-state index in [2.05, 4.69) is 56.9 Å². The highest BCUT2D eigenvalue weighted by Gasteiger charge is 2.56. The van der Waals surface area contributed by atoms with Gasteiger partial charge >= 0.3 is 0 Å². The van der Waals surface area contributed by atoms with E-state index in [-0.39, 0.29) is 11.3 Å². The van der Waals surface area contributed by atoms with Crippen molar-refractivity contribution in [2.75, 3.05) is 5.32 Å². The Hall–Kier alpha value is -2.35. The van der Waals surface area contributed by atoms with Gasteiger partial charge in [-0.05, 0) is 97.9 Å². The number of amides is 1. The highest BCUT2D eigenvalue weighted by Crippen LogP contribution is 2.55. The molecule has 1 amide bonds. The first-order valence-electron chi connectivity index (χ1n) is 9.60. The monoisotopic (exact) mass is 345 g/mol. The van der Waals surface area contributed by atoms with Crippen LogP contribution in [-0.4, -0.2) is 5.91 Å². The number of carbonyl (C=O) groups is 1. The fourth-order valence-corrected chi connectivity index (χ4v) is 4.40. The molecule has 1 spiro atoms. The molecule has 1 aliphatic heterocycles. The third-order valence-corrected chi connectivity index (χ3v) is 6.39. The van der Waals surface area contributed by atoms with Crippen LogP contribution in [0.1, 0.15) is 58.2 Å². The maximum Gasteiger partial charge on any atom is 0.235 e. The van der Waals surface area contributed by atoms with E-state index in [4.69, 9.17) is 0 Å². The SMILES string of the molecule is C=CCCc1cc(C)c(Cc2ccc3c(c2)C2(CC2)C(=O)N3)c(C)c1C. The zero-order chi connectivity index (χ0) is 18.5. The van der Waals surface area contributed by atoms with Gasteiger partial charge in [-0.15, -0.1) is 6.58 Å². The minimum absolute atomic E-state index is 0.194. The first kappa shape index (κ1) is 17.1. The van der Waals surface area contributed by atoms with Crippen LogP contribution in [0, 0.1) is 20.8 Å². The summed E-state index contributed by atoms with van der Waals surface area (Å²) in [6, 6.07) is 8.87. The van der Waals surface area contributed by atoms with Crippen molar-refractivity contribution in [3.63, 3.8) is 0 Å². The number of allylic oxidation sites excluding steroid dienone is 1. The van der Waals surface area contributed by atoms with Gasteiger partial charge in [0.2, 0.25) is 5.91 Å². The third-order valence-electron chi connectivity index (χ3n) is 6.39. The van der Waals surface area contributed by atoms with E-state index in [1.54, 1.807) is 0 Å². The molecular weight excluding hydrogens is 318 g/mol. The maximum absolute atomic E-state index is 12.2. The Morgan fingerprint density at radius 1 is 1.15 bits per heavy atom. The number of aryl methyl sites for hydroxylation is 2. The lowest BCUT2D eigenvalue weighted by Gasteiger charge is -2.17. The maximum atomic E-state index is 12.2. The van der Waals surface area contributed by atoms with Gasteiger partial charge in [0, 0.05) is 5.69 Å². The molecule has 2 nitrogen and oxygen atoms in total. The highest BCUT2D eigenvalue weighted by molar-refractivity contribution is 6.08. The van der Waals surface area contributed by atoms with Gasteiger partial charge in [-0.2, -0.15) is 0 Å². The molecule has 26 heavy (non-hydrogen) atoms. The average molecular weight is 345 g/mol. The second-order valence-electron chi connectivity index (χ2n) is 8.00. The van der Waals surface area contributed by atoms with E-state index in [0.717, 1.165) is 37.8 Å². The van der Waals surface area contributed by atoms with E-state index in [1.807, 2.05) is 6.08 Å². The molecule has 134 valence electrons. The minimum Gasteiger partial charge on any atom is -0.325 e. The van der Waals surface area contributed by atoms with Crippen LogP contribution >= 0.6 is 0 Å². The Bertz CT molecular complexity index is 918. The first-order chi connectivity index (χ1) is 12.5. The van der Waals surface area contributed by atoms with Crippen molar-refractivity contribution in [1.29, 1.82) is 0 Å². The summed E-state index contributed by atoms with van der Waals surface area (Å²) < 4.78 is 0. The summed E-state index contributed by atoms with van der Waals surface area (Å²) in [5.74, 6) is 0.194. The standard InChI is InChI=1S/C24H27NO/c1-5-6-7-19-12-15(2)20(17(4)16(19)3)13-18-8-9-22-21(14-18)24(10-11-24)23(26)25-22/h5,8-9,12,14H,1,6-7,10-11,13H2,2-4H3,(H,25,26). The van der Waals surface area contributed by atoms with Gasteiger partial charge in [0.25, 0.3) is 0 Å². The summed E-state index contributed by atoms with van der Waals surface area (Å²) in [6.07, 6.45) is 6.98. The molecule has 2 heteroatoms. The zero-order valence-corrected chi connectivity index (χ0v) is 16.0. The van der Waals surface area contributed by atoms with E-state index in [0.29, 0.717) is 0 Å². The van der Waals surface area contributed by atoms with Crippen molar-refractivity contribution in [3.05, 3.63) is 75.9 Å². The van der Waals surface area contributed by atoms with Gasteiger partial charge in [-0.25, -0.2) is 0 Å². The summed E-state index contributed by atoms with van der Waals surface area (Å²) >= 11 is 0. The molecule has 4 rings (SSSR count). The zero-order valence-electron chi connectivity index (χ0n) is 16.0. The van der Waals surface area contributed by atoms with Crippen LogP contribution in [0.3, 0.4) is 0 Å². The number of nitrogens with one attached hydrogen (secondary N) is 1. The molecule has 0 radical (unpaired) electrons. The summed E-state index contributed by atoms with van der Waals surface area (Å²) in [4.78, 5) is 12.2. The molecule has 0 aromatic heterocycles. The van der Waals surface area contributed by atoms with E-state index < -0.39 is 0 Å². The molecular formula is C24H27NO. The number of anilines is 1. The Morgan fingerprint density at radius 3 is 2.62 bits per heavy atom. The van der Waals surface area contributed by atoms with Crippen LogP contribution in [0.5, 0.6) is 0 Å². The number of fused-ring (bicyclic) bond motifs is 2. The van der Waals surface area contributed by atoms with Crippen LogP contribution in [0.15, 0.2) is 36.9 Å². The van der Waals surface area contributed by atoms with Gasteiger partial charge in [-0.3, -0.25) is 4.79 Å². The number of rotatable bonds is 5. The molecule has 1 aliphatic carbocycles. The lowest BCUT2D eigenvalue weighted by Crippen LogP contribution is -2.18. The average Bonchev–Trinajstić information content (AvgIpc) is 3.38. The molecule has 1 saturated carbocycles. The molecule has 2 aromatic carbocycles. The van der Waals surface area contributed by atoms with Crippen molar-refractivity contribution >= 4 is 11.6 Å². The summed E-state index contributed by atoms with van der Waals surface area (Å²) in [6.45, 7) is 10.6. The van der Waals surface area contributed by atoms with Crippen LogP contribution < -0.4 is 5.32 Å². The van der Waals surface area contributed by atoms with Crippen molar-refractivity contribution < 1.29 is 4.79 Å². The van der Waals surface area contributed by atoms with Crippen LogP contribution in [0.4, 0.5) is 5.69 Å². The molecule has 1 fully saturated rings. The van der Waals surface area contributed by atoms with Crippen molar-refractivity contribution in [2.45, 2.75) is 58.3 Å². The van der Waals surface area contributed by atoms with E-state index in [9.17, 15) is 4.79 Å². The Balaban J connectivity index is 1.67. The number of benzene rings is 2. The molecule has 2 aliphatic rings. The van der Waals surface area contributed by atoms with Gasteiger partial charge in [0.15, 0.2) is 0 Å². The largest absolute Gasteiger partial charge is 0.325 e. The molecule has 2 aromatic rings. The lowest BCUT2D eigenvalue weighted by molar-refractivity contribution is -0.117. The van der Waals surface area contributed by atoms with Crippen molar-refractivity contribution in [1.82, 2.24) is 0 Å². The normalized spacial score (nSPS) is 16.5. The Morgan fingerprint density at radius 2 is 1.92 bits per heavy atom. The summed E-state index contributed by atoms with van der Waals surface area (Å²) in [5.41, 5.74) is 10.4. The van der Waals surface area contributed by atoms with Gasteiger partial charge in [0.1, 0.15) is 0 Å². The third kappa shape index (κ3) is 2.59. The lowest BCUT2D eigenvalue weighted by atomic mass is 9.87. The van der Waals surface area contributed by atoms with Crippen LogP contribution in [-0.2, 0) is 23.1 Å². The molecule has 1 heterocycles. The molecule has 0 saturated heterocycles. The molecule has 0 unspecified atom stereocenters. The van der Waals surface area contributed by atoms with Crippen LogP contribution in [0.25, 0.3) is 0 Å². The van der Waals surface area contributed by atoms with Crippen molar-refractivity contribution in [3.8, 4) is 0 Å². The predicted molar refractivity (Wildman–Crippen MR) is 108 cm³/mol. The molecule has 0 atom stereocenters. The van der Waals surface area contributed by atoms with E-state index in [1.165, 1.54) is 38.9 Å². The van der Waals surface area contributed by atoms with Crippen molar-refractivity contribution in [2.24, 2.45) is 0 Å². The first-order valence-corrected chi connectivity index (χ1v) is 9.60. The summed E-state index contributed by atoms with van der Waals surface area (Å²) in [5, 5.41) is 3.05. The second kappa shape index (κ2) is 6.12. The smallest absolute Gasteiger partial charge is 0.235 e. The topological polar surface area (TPSA) is 29.1 Å². The minimum atomic E-state index is -0.208. The quantitative estimate of drug-likeness (QED) is 0.732. The Kier molecular flexibility index (Phi) is 4.02. The fraction of sp³-hybridized carbons (Fsp3) is 0.375. The predicted octanol–water partition coefficient (Wildman–Crippen LogP) is 5.30.